The van der Waals surface area contributed by atoms with Crippen LogP contribution in [0.25, 0.3) is 11.1 Å². The zero-order valence-electron chi connectivity index (χ0n) is 16.2. The minimum Gasteiger partial charge on any atom is -0.491 e. The van der Waals surface area contributed by atoms with Crippen molar-refractivity contribution in [1.29, 1.82) is 0 Å². The van der Waals surface area contributed by atoms with Gasteiger partial charge in [0.2, 0.25) is 5.82 Å². The third-order valence-electron chi connectivity index (χ3n) is 6.87. The second-order valence-corrected chi connectivity index (χ2v) is 8.05. The van der Waals surface area contributed by atoms with E-state index in [9.17, 15) is 8.78 Å². The lowest BCUT2D eigenvalue weighted by atomic mass is 9.84. The molecular formula is C24H28F2O. The van der Waals surface area contributed by atoms with E-state index in [0.29, 0.717) is 23.7 Å². The number of halogens is 2. The van der Waals surface area contributed by atoms with Gasteiger partial charge in [0.05, 0.1) is 6.61 Å². The molecule has 3 heteroatoms. The molecule has 0 amide bonds. The van der Waals surface area contributed by atoms with Crippen molar-refractivity contribution in [2.75, 3.05) is 6.61 Å². The normalized spacial score (nSPS) is 27.0. The van der Waals surface area contributed by atoms with Crippen LogP contribution in [-0.2, 0) is 0 Å². The molecule has 0 bridgehead atoms. The summed E-state index contributed by atoms with van der Waals surface area (Å²) in [6.07, 6.45) is 6.62. The van der Waals surface area contributed by atoms with Crippen LogP contribution < -0.4 is 4.74 Å². The summed E-state index contributed by atoms with van der Waals surface area (Å²) >= 11 is 0. The van der Waals surface area contributed by atoms with Crippen LogP contribution in [0.5, 0.6) is 5.75 Å². The zero-order chi connectivity index (χ0) is 19.0. The summed E-state index contributed by atoms with van der Waals surface area (Å²) in [4.78, 5) is 0. The van der Waals surface area contributed by atoms with Gasteiger partial charge in [-0.25, -0.2) is 4.39 Å². The Bertz CT molecular complexity index is 799. The molecule has 4 rings (SSSR count). The molecule has 144 valence electrons. The van der Waals surface area contributed by atoms with E-state index >= 15 is 0 Å². The molecule has 2 aromatic carbocycles. The fourth-order valence-corrected chi connectivity index (χ4v) is 5.57. The summed E-state index contributed by atoms with van der Waals surface area (Å²) in [6, 6.07) is 11.2. The summed E-state index contributed by atoms with van der Waals surface area (Å²) in [6.45, 7) is 4.39. The summed E-state index contributed by atoms with van der Waals surface area (Å²) in [5.74, 6) is 1.45. The average molecular weight is 370 g/mol. The summed E-state index contributed by atoms with van der Waals surface area (Å²) in [5, 5.41) is 0. The Kier molecular flexibility index (Phi) is 5.21. The van der Waals surface area contributed by atoms with Crippen LogP contribution in [0.4, 0.5) is 8.78 Å². The topological polar surface area (TPSA) is 9.23 Å². The van der Waals surface area contributed by atoms with Crippen LogP contribution in [0.15, 0.2) is 36.4 Å². The second kappa shape index (κ2) is 7.61. The van der Waals surface area contributed by atoms with Gasteiger partial charge < -0.3 is 4.74 Å². The molecule has 4 atom stereocenters. The lowest BCUT2D eigenvalue weighted by Gasteiger charge is -2.21. The van der Waals surface area contributed by atoms with E-state index in [4.69, 9.17) is 4.74 Å². The minimum absolute atomic E-state index is 0.0286. The maximum atomic E-state index is 14.5. The molecule has 0 radical (unpaired) electrons. The third-order valence-corrected chi connectivity index (χ3v) is 6.87. The minimum atomic E-state index is -0.909. The quantitative estimate of drug-likeness (QED) is 0.553. The molecule has 0 N–H and O–H groups in total. The fourth-order valence-electron chi connectivity index (χ4n) is 5.57. The molecule has 0 aliphatic heterocycles. The molecular weight excluding hydrogens is 342 g/mol. The summed E-state index contributed by atoms with van der Waals surface area (Å²) in [5.41, 5.74) is 2.36. The highest BCUT2D eigenvalue weighted by Gasteiger charge is 2.44. The Hall–Kier alpha value is -1.90. The van der Waals surface area contributed by atoms with Crippen LogP contribution >= 0.6 is 0 Å². The first-order chi connectivity index (χ1) is 13.1. The molecule has 2 saturated carbocycles. The van der Waals surface area contributed by atoms with Crippen molar-refractivity contribution < 1.29 is 13.5 Å². The van der Waals surface area contributed by atoms with Crippen LogP contribution in [0.1, 0.15) is 57.4 Å². The Morgan fingerprint density at radius 1 is 0.852 bits per heavy atom. The predicted molar refractivity (Wildman–Crippen MR) is 105 cm³/mol. The van der Waals surface area contributed by atoms with Crippen molar-refractivity contribution in [2.45, 2.75) is 51.9 Å². The van der Waals surface area contributed by atoms with Gasteiger partial charge >= 0.3 is 0 Å². The van der Waals surface area contributed by atoms with E-state index in [-0.39, 0.29) is 5.75 Å². The maximum Gasteiger partial charge on any atom is 0.201 e. The fraction of sp³-hybridized carbons (Fsp3) is 0.500. The predicted octanol–water partition coefficient (Wildman–Crippen LogP) is 6.96. The first kappa shape index (κ1) is 18.5. The first-order valence-electron chi connectivity index (χ1n) is 10.3. The highest BCUT2D eigenvalue weighted by molar-refractivity contribution is 5.65. The number of benzene rings is 2. The van der Waals surface area contributed by atoms with E-state index in [1.165, 1.54) is 43.7 Å². The van der Waals surface area contributed by atoms with Gasteiger partial charge in [-0.15, -0.1) is 0 Å². The van der Waals surface area contributed by atoms with Gasteiger partial charge in [0.15, 0.2) is 11.6 Å². The number of hydrogen-bond acceptors (Lipinski definition) is 1. The maximum absolute atomic E-state index is 14.5. The molecule has 2 aromatic rings. The van der Waals surface area contributed by atoms with Gasteiger partial charge in [0, 0.05) is 5.56 Å². The van der Waals surface area contributed by atoms with Gasteiger partial charge in [-0.1, -0.05) is 37.6 Å². The molecule has 0 saturated heterocycles. The van der Waals surface area contributed by atoms with Gasteiger partial charge in [0.1, 0.15) is 0 Å². The van der Waals surface area contributed by atoms with Gasteiger partial charge in [-0.3, -0.25) is 0 Å². The van der Waals surface area contributed by atoms with E-state index in [2.05, 4.69) is 19.1 Å². The molecule has 4 unspecified atom stereocenters. The van der Waals surface area contributed by atoms with E-state index < -0.39 is 11.6 Å². The average Bonchev–Trinajstić information content (AvgIpc) is 3.28. The smallest absolute Gasteiger partial charge is 0.201 e. The number of rotatable bonds is 5. The van der Waals surface area contributed by atoms with Crippen molar-refractivity contribution in [2.24, 2.45) is 17.8 Å². The molecule has 2 fully saturated rings. The largest absolute Gasteiger partial charge is 0.491 e. The molecule has 2 aliphatic carbocycles. The van der Waals surface area contributed by atoms with Crippen LogP contribution in [0.3, 0.4) is 0 Å². The highest BCUT2D eigenvalue weighted by Crippen LogP contribution is 2.55. The Morgan fingerprint density at radius 2 is 1.59 bits per heavy atom. The van der Waals surface area contributed by atoms with E-state index in [1.54, 1.807) is 13.0 Å². The standard InChI is InChI=1S/C24H28F2O/c1-3-15-9-10-21-18(15)11-12-19(21)16-5-7-17(8-6-16)20-13-14-22(27-4-2)24(26)23(20)25/h5-8,13-15,18-19,21H,3-4,9-12H2,1-2H3. The van der Waals surface area contributed by atoms with Gasteiger partial charge in [0.25, 0.3) is 0 Å². The third kappa shape index (κ3) is 3.26. The number of fused-ring (bicyclic) bond motifs is 1. The molecule has 27 heavy (non-hydrogen) atoms. The lowest BCUT2D eigenvalue weighted by molar-refractivity contribution is 0.314. The van der Waals surface area contributed by atoms with Crippen molar-refractivity contribution >= 4 is 0 Å². The molecule has 2 aliphatic rings. The monoisotopic (exact) mass is 370 g/mol. The summed E-state index contributed by atoms with van der Waals surface area (Å²) in [7, 11) is 0. The Labute approximate surface area is 160 Å². The van der Waals surface area contributed by atoms with Crippen LogP contribution in [0.2, 0.25) is 0 Å². The van der Waals surface area contributed by atoms with Crippen molar-refractivity contribution in [3.05, 3.63) is 53.6 Å². The Balaban J connectivity index is 1.56. The van der Waals surface area contributed by atoms with Crippen LogP contribution in [-0.4, -0.2) is 6.61 Å². The van der Waals surface area contributed by atoms with Gasteiger partial charge in [-0.2, -0.15) is 4.39 Å². The zero-order valence-corrected chi connectivity index (χ0v) is 16.2. The van der Waals surface area contributed by atoms with E-state index in [1.807, 2.05) is 12.1 Å². The van der Waals surface area contributed by atoms with Crippen molar-refractivity contribution in [1.82, 2.24) is 0 Å². The van der Waals surface area contributed by atoms with Gasteiger partial charge in [-0.05, 0) is 79.5 Å². The lowest BCUT2D eigenvalue weighted by Crippen LogP contribution is -2.11. The SMILES string of the molecule is CCOc1ccc(-c2ccc(C3CCC4C(CC)CCC34)cc2)c(F)c1F. The van der Waals surface area contributed by atoms with Crippen molar-refractivity contribution in [3.63, 3.8) is 0 Å². The molecule has 0 aromatic heterocycles. The molecule has 1 nitrogen and oxygen atoms in total. The summed E-state index contributed by atoms with van der Waals surface area (Å²) < 4.78 is 33.8. The number of ether oxygens (including phenoxy) is 1. The van der Waals surface area contributed by atoms with Crippen molar-refractivity contribution in [3.8, 4) is 16.9 Å². The number of hydrogen-bond donors (Lipinski definition) is 0. The Morgan fingerprint density at radius 3 is 2.30 bits per heavy atom. The second-order valence-electron chi connectivity index (χ2n) is 8.05. The highest BCUT2D eigenvalue weighted by atomic mass is 19.2. The molecule has 0 spiro atoms. The van der Waals surface area contributed by atoms with E-state index in [0.717, 1.165) is 17.8 Å². The first-order valence-corrected chi connectivity index (χ1v) is 10.3. The van der Waals surface area contributed by atoms with Crippen LogP contribution in [0, 0.1) is 29.4 Å². The molecule has 0 heterocycles.